The van der Waals surface area contributed by atoms with Crippen molar-refractivity contribution < 1.29 is 0 Å². The molecule has 0 bridgehead atoms. The Morgan fingerprint density at radius 3 is 2.57 bits per heavy atom. The van der Waals surface area contributed by atoms with E-state index in [4.69, 9.17) is 16.6 Å². The van der Waals surface area contributed by atoms with E-state index in [1.54, 1.807) is 0 Å². The Morgan fingerprint density at radius 1 is 1.24 bits per heavy atom. The van der Waals surface area contributed by atoms with Crippen LogP contribution in [0.4, 0.5) is 5.82 Å². The number of pyridine rings is 1. The summed E-state index contributed by atoms with van der Waals surface area (Å²) in [4.78, 5) is 15.5. The van der Waals surface area contributed by atoms with E-state index in [2.05, 4.69) is 21.8 Å². The van der Waals surface area contributed by atoms with E-state index in [1.165, 1.54) is 18.4 Å². The van der Waals surface area contributed by atoms with Gasteiger partial charge in [0.05, 0.1) is 0 Å². The third-order valence-corrected chi connectivity index (χ3v) is 4.19. The summed E-state index contributed by atoms with van der Waals surface area (Å²) in [6, 6.07) is 4.06. The van der Waals surface area contributed by atoms with Gasteiger partial charge in [-0.1, -0.05) is 11.6 Å². The summed E-state index contributed by atoms with van der Waals surface area (Å²) in [5.41, 5.74) is 2.17. The lowest BCUT2D eigenvalue weighted by Gasteiger charge is -2.24. The van der Waals surface area contributed by atoms with Crippen LogP contribution in [-0.2, 0) is 6.54 Å². The predicted molar refractivity (Wildman–Crippen MR) is 84.7 cm³/mol. The smallest absolute Gasteiger partial charge is 0.137 e. The molecular formula is C16H19ClN4. The molecular weight excluding hydrogens is 284 g/mol. The Kier molecular flexibility index (Phi) is 4.06. The first-order chi connectivity index (χ1) is 10.2. The molecule has 0 saturated heterocycles. The molecule has 5 heteroatoms. The molecule has 1 aliphatic carbocycles. The van der Waals surface area contributed by atoms with E-state index >= 15 is 0 Å². The Morgan fingerprint density at radius 2 is 1.95 bits per heavy atom. The van der Waals surface area contributed by atoms with Crippen LogP contribution in [0.1, 0.15) is 42.6 Å². The van der Waals surface area contributed by atoms with Gasteiger partial charge in [0.25, 0.3) is 0 Å². The molecule has 110 valence electrons. The van der Waals surface area contributed by atoms with Crippen molar-refractivity contribution in [3.05, 3.63) is 46.6 Å². The molecule has 3 rings (SSSR count). The first kappa shape index (κ1) is 14.3. The third-order valence-electron chi connectivity index (χ3n) is 3.82. The third kappa shape index (κ3) is 3.16. The van der Waals surface area contributed by atoms with E-state index < -0.39 is 0 Å². The zero-order valence-corrected chi connectivity index (χ0v) is 13.1. The zero-order valence-electron chi connectivity index (χ0n) is 12.4. The lowest BCUT2D eigenvalue weighted by Crippen LogP contribution is -2.25. The molecule has 0 aromatic carbocycles. The average molecular weight is 303 g/mol. The minimum atomic E-state index is 0.501. The maximum absolute atomic E-state index is 6.31. The Bertz CT molecular complexity index is 626. The molecule has 0 radical (unpaired) electrons. The zero-order chi connectivity index (χ0) is 14.8. The number of aromatic nitrogens is 3. The summed E-state index contributed by atoms with van der Waals surface area (Å²) in [5.74, 6) is 2.35. The summed E-state index contributed by atoms with van der Waals surface area (Å²) in [6.45, 7) is 5.80. The second-order valence-electron chi connectivity index (χ2n) is 5.47. The molecule has 21 heavy (non-hydrogen) atoms. The first-order valence-corrected chi connectivity index (χ1v) is 7.74. The van der Waals surface area contributed by atoms with Crippen LogP contribution in [0.5, 0.6) is 0 Å². The highest BCUT2D eigenvalue weighted by Gasteiger charge is 2.28. The van der Waals surface area contributed by atoms with Crippen molar-refractivity contribution in [2.45, 2.75) is 39.2 Å². The van der Waals surface area contributed by atoms with Crippen molar-refractivity contribution in [1.82, 2.24) is 15.0 Å². The van der Waals surface area contributed by atoms with Crippen LogP contribution in [0.15, 0.2) is 24.5 Å². The molecule has 0 aliphatic heterocycles. The van der Waals surface area contributed by atoms with Gasteiger partial charge in [-0.25, -0.2) is 9.97 Å². The number of nitrogens with zero attached hydrogens (tertiary/aromatic N) is 4. The second-order valence-corrected chi connectivity index (χ2v) is 5.82. The number of hydrogen-bond acceptors (Lipinski definition) is 4. The largest absolute Gasteiger partial charge is 0.352 e. The molecule has 2 aromatic rings. The minimum Gasteiger partial charge on any atom is -0.352 e. The molecule has 1 aliphatic rings. The lowest BCUT2D eigenvalue weighted by atomic mass is 10.2. The molecule has 0 amide bonds. The van der Waals surface area contributed by atoms with Crippen LogP contribution < -0.4 is 4.90 Å². The highest BCUT2D eigenvalue weighted by molar-refractivity contribution is 6.30. The van der Waals surface area contributed by atoms with Gasteiger partial charge in [-0.15, -0.1) is 0 Å². The van der Waals surface area contributed by atoms with Crippen LogP contribution in [0.3, 0.4) is 0 Å². The topological polar surface area (TPSA) is 41.9 Å². The quantitative estimate of drug-likeness (QED) is 0.789. The fourth-order valence-corrected chi connectivity index (χ4v) is 2.54. The van der Waals surface area contributed by atoms with Crippen LogP contribution in [-0.4, -0.2) is 21.5 Å². The number of halogens is 1. The van der Waals surface area contributed by atoms with Gasteiger partial charge in [0.2, 0.25) is 0 Å². The van der Waals surface area contributed by atoms with Crippen molar-refractivity contribution in [1.29, 1.82) is 0 Å². The molecule has 1 fully saturated rings. The maximum Gasteiger partial charge on any atom is 0.137 e. The SMILES string of the molecule is CCN(Cc1ccncc1)c1nc(C2CC2)nc(Cl)c1C. The normalized spacial score (nSPS) is 14.2. The summed E-state index contributed by atoms with van der Waals surface area (Å²) in [6.07, 6.45) is 5.99. The highest BCUT2D eigenvalue weighted by atomic mass is 35.5. The first-order valence-electron chi connectivity index (χ1n) is 7.37. The van der Waals surface area contributed by atoms with Gasteiger partial charge >= 0.3 is 0 Å². The monoisotopic (exact) mass is 302 g/mol. The van der Waals surface area contributed by atoms with Crippen molar-refractivity contribution in [2.24, 2.45) is 0 Å². The second kappa shape index (κ2) is 5.98. The molecule has 4 nitrogen and oxygen atoms in total. The van der Waals surface area contributed by atoms with Gasteiger partial charge in [-0.05, 0) is 44.4 Å². The van der Waals surface area contributed by atoms with Crippen LogP contribution >= 0.6 is 11.6 Å². The van der Waals surface area contributed by atoms with Crippen LogP contribution in [0, 0.1) is 6.92 Å². The van der Waals surface area contributed by atoms with Crippen LogP contribution in [0.2, 0.25) is 5.15 Å². The summed E-state index contributed by atoms with van der Waals surface area (Å²) < 4.78 is 0. The molecule has 2 heterocycles. The van der Waals surface area contributed by atoms with Gasteiger partial charge in [0.1, 0.15) is 16.8 Å². The Labute approximate surface area is 130 Å². The summed E-state index contributed by atoms with van der Waals surface area (Å²) >= 11 is 6.31. The van der Waals surface area contributed by atoms with Crippen molar-refractivity contribution in [2.75, 3.05) is 11.4 Å². The fraction of sp³-hybridized carbons (Fsp3) is 0.438. The molecule has 1 saturated carbocycles. The predicted octanol–water partition coefficient (Wildman–Crippen LogP) is 3.74. The van der Waals surface area contributed by atoms with E-state index in [1.807, 2.05) is 31.5 Å². The lowest BCUT2D eigenvalue weighted by molar-refractivity contribution is 0.787. The summed E-state index contributed by atoms with van der Waals surface area (Å²) in [5, 5.41) is 0.579. The number of hydrogen-bond donors (Lipinski definition) is 0. The average Bonchev–Trinajstić information content (AvgIpc) is 3.33. The Hall–Kier alpha value is -1.68. The maximum atomic E-state index is 6.31. The Balaban J connectivity index is 1.92. The fourth-order valence-electron chi connectivity index (χ4n) is 2.37. The molecule has 0 atom stereocenters. The minimum absolute atomic E-state index is 0.501. The van der Waals surface area contributed by atoms with Crippen molar-refractivity contribution >= 4 is 17.4 Å². The molecule has 2 aromatic heterocycles. The number of rotatable bonds is 5. The van der Waals surface area contributed by atoms with Gasteiger partial charge in [-0.2, -0.15) is 0 Å². The van der Waals surface area contributed by atoms with E-state index in [0.29, 0.717) is 11.1 Å². The van der Waals surface area contributed by atoms with Gasteiger partial charge in [0.15, 0.2) is 0 Å². The van der Waals surface area contributed by atoms with Gasteiger partial charge in [-0.3, -0.25) is 4.98 Å². The van der Waals surface area contributed by atoms with E-state index in [9.17, 15) is 0 Å². The standard InChI is InChI=1S/C16H19ClN4/c1-3-21(10-12-6-8-18-9-7-12)16-11(2)14(17)19-15(20-16)13-4-5-13/h6-9,13H,3-5,10H2,1-2H3. The molecule has 0 unspecified atom stereocenters. The van der Waals surface area contributed by atoms with Crippen LogP contribution in [0.25, 0.3) is 0 Å². The van der Waals surface area contributed by atoms with Crippen molar-refractivity contribution in [3.63, 3.8) is 0 Å². The molecule has 0 N–H and O–H groups in total. The highest BCUT2D eigenvalue weighted by Crippen LogP contribution is 2.40. The van der Waals surface area contributed by atoms with Crippen molar-refractivity contribution in [3.8, 4) is 0 Å². The van der Waals surface area contributed by atoms with E-state index in [0.717, 1.165) is 30.3 Å². The molecule has 0 spiro atoms. The van der Waals surface area contributed by atoms with E-state index in [-0.39, 0.29) is 0 Å². The number of anilines is 1. The summed E-state index contributed by atoms with van der Waals surface area (Å²) in [7, 11) is 0. The van der Waals surface area contributed by atoms with Gasteiger partial charge in [0, 0.05) is 37.0 Å². The van der Waals surface area contributed by atoms with Gasteiger partial charge < -0.3 is 4.90 Å².